The van der Waals surface area contributed by atoms with E-state index >= 15 is 0 Å². The summed E-state index contributed by atoms with van der Waals surface area (Å²) in [6.45, 7) is 1.67. The second-order valence-corrected chi connectivity index (χ2v) is 6.78. The first-order valence-corrected chi connectivity index (χ1v) is 9.57. The lowest BCUT2D eigenvalue weighted by Gasteiger charge is -2.34. The van der Waals surface area contributed by atoms with E-state index in [1.807, 2.05) is 0 Å². The molecule has 2 aromatic carbocycles. The summed E-state index contributed by atoms with van der Waals surface area (Å²) in [4.78, 5) is 39.6. The molecule has 1 fully saturated rings. The molecule has 0 unspecified atom stereocenters. The zero-order valence-corrected chi connectivity index (χ0v) is 16.6. The predicted molar refractivity (Wildman–Crippen MR) is 112 cm³/mol. The summed E-state index contributed by atoms with van der Waals surface area (Å²) in [5.41, 5.74) is 1.88. The summed E-state index contributed by atoms with van der Waals surface area (Å²) >= 11 is 0. The van der Waals surface area contributed by atoms with Crippen LogP contribution in [0.25, 0.3) is 6.08 Å². The number of benzene rings is 2. The fraction of sp³-hybridized carbons (Fsp3) is 0.227. The Morgan fingerprint density at radius 1 is 0.900 bits per heavy atom. The van der Waals surface area contributed by atoms with Gasteiger partial charge in [-0.15, -0.1) is 0 Å². The molecule has 1 saturated heterocycles. The molecule has 0 aromatic heterocycles. The Kier molecular flexibility index (Phi) is 6.79. The van der Waals surface area contributed by atoms with Gasteiger partial charge < -0.3 is 20.4 Å². The van der Waals surface area contributed by atoms with Crippen molar-refractivity contribution < 1.29 is 18.8 Å². The third-order valence-electron chi connectivity index (χ3n) is 4.79. The van der Waals surface area contributed by atoms with Crippen molar-refractivity contribution in [2.45, 2.75) is 0 Å². The van der Waals surface area contributed by atoms with Crippen molar-refractivity contribution in [1.82, 2.24) is 15.1 Å². The predicted octanol–water partition coefficient (Wildman–Crippen LogP) is 2.57. The van der Waals surface area contributed by atoms with E-state index in [-0.39, 0.29) is 23.7 Å². The van der Waals surface area contributed by atoms with Crippen LogP contribution >= 0.6 is 0 Å². The Balaban J connectivity index is 1.48. The van der Waals surface area contributed by atoms with E-state index in [0.29, 0.717) is 37.4 Å². The van der Waals surface area contributed by atoms with Crippen molar-refractivity contribution in [1.29, 1.82) is 0 Å². The SMILES string of the molecule is CNC(=O)c1ccc(C=CC(=O)N2CCN(C(=O)Nc3ccc(F)cc3)CC2)cc1. The number of carbonyl (C=O) groups excluding carboxylic acids is 3. The highest BCUT2D eigenvalue weighted by atomic mass is 19.1. The highest BCUT2D eigenvalue weighted by Crippen LogP contribution is 2.12. The van der Waals surface area contributed by atoms with E-state index < -0.39 is 0 Å². The Morgan fingerprint density at radius 3 is 2.10 bits per heavy atom. The van der Waals surface area contributed by atoms with Crippen molar-refractivity contribution in [3.05, 3.63) is 71.6 Å². The maximum absolute atomic E-state index is 13.0. The van der Waals surface area contributed by atoms with Crippen molar-refractivity contribution in [3.63, 3.8) is 0 Å². The number of nitrogens with zero attached hydrogens (tertiary/aromatic N) is 2. The quantitative estimate of drug-likeness (QED) is 0.761. The van der Waals surface area contributed by atoms with Gasteiger partial charge in [-0.25, -0.2) is 9.18 Å². The molecular weight excluding hydrogens is 387 g/mol. The van der Waals surface area contributed by atoms with Crippen molar-refractivity contribution in [3.8, 4) is 0 Å². The van der Waals surface area contributed by atoms with Crippen molar-refractivity contribution in [2.75, 3.05) is 38.5 Å². The number of amides is 4. The fourth-order valence-electron chi connectivity index (χ4n) is 3.03. The van der Waals surface area contributed by atoms with Gasteiger partial charge >= 0.3 is 6.03 Å². The first-order valence-electron chi connectivity index (χ1n) is 9.57. The molecule has 0 radical (unpaired) electrons. The van der Waals surface area contributed by atoms with E-state index in [0.717, 1.165) is 5.56 Å². The molecule has 0 saturated carbocycles. The first kappa shape index (κ1) is 21.0. The second-order valence-electron chi connectivity index (χ2n) is 6.78. The monoisotopic (exact) mass is 410 g/mol. The molecule has 30 heavy (non-hydrogen) atoms. The molecule has 8 heteroatoms. The Hall–Kier alpha value is -3.68. The largest absolute Gasteiger partial charge is 0.355 e. The van der Waals surface area contributed by atoms with Crippen LogP contribution in [0.5, 0.6) is 0 Å². The molecule has 4 amide bonds. The molecule has 0 bridgehead atoms. The third-order valence-corrected chi connectivity index (χ3v) is 4.79. The maximum atomic E-state index is 13.0. The number of carbonyl (C=O) groups is 3. The van der Waals surface area contributed by atoms with Gasteiger partial charge in [-0.05, 0) is 48.0 Å². The summed E-state index contributed by atoms with van der Waals surface area (Å²) in [6, 6.07) is 12.2. The van der Waals surface area contributed by atoms with E-state index in [1.54, 1.807) is 47.2 Å². The van der Waals surface area contributed by atoms with Crippen LogP contribution in [0.15, 0.2) is 54.6 Å². The number of anilines is 1. The van der Waals surface area contributed by atoms with E-state index in [4.69, 9.17) is 0 Å². The average Bonchev–Trinajstić information content (AvgIpc) is 2.79. The van der Waals surface area contributed by atoms with E-state index in [2.05, 4.69) is 10.6 Å². The fourth-order valence-corrected chi connectivity index (χ4v) is 3.03. The van der Waals surface area contributed by atoms with Crippen LogP contribution in [-0.2, 0) is 4.79 Å². The molecule has 3 rings (SSSR count). The van der Waals surface area contributed by atoms with Gasteiger partial charge in [0.2, 0.25) is 5.91 Å². The average molecular weight is 410 g/mol. The van der Waals surface area contributed by atoms with Gasteiger partial charge in [0, 0.05) is 50.6 Å². The van der Waals surface area contributed by atoms with Crippen molar-refractivity contribution in [2.24, 2.45) is 0 Å². The molecule has 2 aromatic rings. The zero-order valence-electron chi connectivity index (χ0n) is 16.6. The zero-order chi connectivity index (χ0) is 21.5. The van der Waals surface area contributed by atoms with E-state index in [9.17, 15) is 18.8 Å². The number of rotatable bonds is 4. The third kappa shape index (κ3) is 5.44. The Morgan fingerprint density at radius 2 is 1.50 bits per heavy atom. The Labute approximate surface area is 174 Å². The maximum Gasteiger partial charge on any atom is 0.321 e. The van der Waals surface area contributed by atoms with Crippen LogP contribution in [0.3, 0.4) is 0 Å². The number of hydrogen-bond acceptors (Lipinski definition) is 3. The lowest BCUT2D eigenvalue weighted by molar-refractivity contribution is -0.127. The highest BCUT2D eigenvalue weighted by Gasteiger charge is 2.23. The standard InChI is InChI=1S/C22H23FN4O3/c1-24-21(29)17-5-2-16(3-6-17)4-11-20(28)26-12-14-27(15-13-26)22(30)25-19-9-7-18(23)8-10-19/h2-11H,12-15H2,1H3,(H,24,29)(H,25,30). The number of halogens is 1. The Bertz CT molecular complexity index is 934. The molecule has 7 nitrogen and oxygen atoms in total. The lowest BCUT2D eigenvalue weighted by Crippen LogP contribution is -2.51. The molecule has 156 valence electrons. The van der Waals surface area contributed by atoms with Crippen LogP contribution in [0, 0.1) is 5.82 Å². The number of urea groups is 1. The van der Waals surface area contributed by atoms with Crippen LogP contribution in [-0.4, -0.2) is 60.9 Å². The van der Waals surface area contributed by atoms with E-state index in [1.165, 1.54) is 30.3 Å². The minimum Gasteiger partial charge on any atom is -0.355 e. The number of piperazine rings is 1. The summed E-state index contributed by atoms with van der Waals surface area (Å²) in [5, 5.41) is 5.28. The first-order chi connectivity index (χ1) is 14.5. The summed E-state index contributed by atoms with van der Waals surface area (Å²) in [5.74, 6) is -0.664. The molecule has 0 atom stereocenters. The molecular formula is C22H23FN4O3. The normalized spacial score (nSPS) is 13.9. The molecule has 1 aliphatic rings. The molecule has 0 aliphatic carbocycles. The minimum atomic E-state index is -0.365. The van der Waals surface area contributed by atoms with Crippen LogP contribution in [0.1, 0.15) is 15.9 Å². The number of hydrogen-bond donors (Lipinski definition) is 2. The topological polar surface area (TPSA) is 81.8 Å². The molecule has 1 heterocycles. The molecule has 1 aliphatic heterocycles. The van der Waals surface area contributed by atoms with Gasteiger partial charge in [-0.2, -0.15) is 0 Å². The van der Waals surface area contributed by atoms with Gasteiger partial charge in [-0.1, -0.05) is 12.1 Å². The molecule has 0 spiro atoms. The number of nitrogens with one attached hydrogen (secondary N) is 2. The van der Waals surface area contributed by atoms with Gasteiger partial charge in [0.1, 0.15) is 5.82 Å². The van der Waals surface area contributed by atoms with Gasteiger partial charge in [-0.3, -0.25) is 9.59 Å². The smallest absolute Gasteiger partial charge is 0.321 e. The van der Waals surface area contributed by atoms with Gasteiger partial charge in [0.25, 0.3) is 5.91 Å². The van der Waals surface area contributed by atoms with Crippen LogP contribution < -0.4 is 10.6 Å². The minimum absolute atomic E-state index is 0.135. The van der Waals surface area contributed by atoms with Crippen molar-refractivity contribution >= 4 is 29.6 Å². The van der Waals surface area contributed by atoms with Crippen LogP contribution in [0.2, 0.25) is 0 Å². The summed E-state index contributed by atoms with van der Waals surface area (Å²) in [7, 11) is 1.57. The highest BCUT2D eigenvalue weighted by molar-refractivity contribution is 5.95. The van der Waals surface area contributed by atoms with Gasteiger partial charge in [0.05, 0.1) is 0 Å². The molecule has 2 N–H and O–H groups in total. The summed E-state index contributed by atoms with van der Waals surface area (Å²) < 4.78 is 13.0. The summed E-state index contributed by atoms with van der Waals surface area (Å²) in [6.07, 6.45) is 3.19. The van der Waals surface area contributed by atoms with Crippen LogP contribution in [0.4, 0.5) is 14.9 Å². The van der Waals surface area contributed by atoms with Gasteiger partial charge in [0.15, 0.2) is 0 Å². The second kappa shape index (κ2) is 9.69. The lowest BCUT2D eigenvalue weighted by atomic mass is 10.1.